The second-order valence-corrected chi connectivity index (χ2v) is 8.13. The minimum absolute atomic E-state index is 0.127. The predicted octanol–water partition coefficient (Wildman–Crippen LogP) is 2.90. The number of nitrogens with one attached hydrogen (secondary N) is 2. The van der Waals surface area contributed by atoms with Gasteiger partial charge in [-0.15, -0.1) is 0 Å². The molecule has 0 aromatic rings. The SMILES string of the molecule is CNC(CC(C)C)C(=O)OC(C)CCNC(CC(C)C)C(=O)OC(C)C. The first kappa shape index (κ1) is 24.9. The highest BCUT2D eigenvalue weighted by Gasteiger charge is 2.23. The highest BCUT2D eigenvalue weighted by Crippen LogP contribution is 2.10. The lowest BCUT2D eigenvalue weighted by Crippen LogP contribution is -2.42. The molecule has 0 amide bonds. The Balaban J connectivity index is 4.42. The quantitative estimate of drug-likeness (QED) is 0.484. The molecule has 26 heavy (non-hydrogen) atoms. The minimum Gasteiger partial charge on any atom is -0.462 e. The van der Waals surface area contributed by atoms with Gasteiger partial charge in [0.25, 0.3) is 0 Å². The van der Waals surface area contributed by atoms with Crippen molar-refractivity contribution in [1.82, 2.24) is 10.6 Å². The van der Waals surface area contributed by atoms with Crippen LogP contribution in [-0.4, -0.2) is 49.8 Å². The standard InChI is InChI=1S/C20H40N2O4/c1-13(2)11-17(21-8)19(23)26-16(7)9-10-22-18(12-14(3)4)20(24)25-15(5)6/h13-18,21-22H,9-12H2,1-8H3. The molecule has 3 unspecified atom stereocenters. The molecule has 0 aliphatic heterocycles. The smallest absolute Gasteiger partial charge is 0.323 e. The largest absolute Gasteiger partial charge is 0.462 e. The van der Waals surface area contributed by atoms with Crippen molar-refractivity contribution >= 4 is 11.9 Å². The zero-order valence-electron chi connectivity index (χ0n) is 17.9. The summed E-state index contributed by atoms with van der Waals surface area (Å²) < 4.78 is 10.9. The number of rotatable bonds is 13. The topological polar surface area (TPSA) is 76.7 Å². The molecule has 154 valence electrons. The highest BCUT2D eigenvalue weighted by atomic mass is 16.5. The van der Waals surface area contributed by atoms with E-state index >= 15 is 0 Å². The lowest BCUT2D eigenvalue weighted by atomic mass is 10.0. The van der Waals surface area contributed by atoms with Crippen LogP contribution >= 0.6 is 0 Å². The molecule has 0 rings (SSSR count). The van der Waals surface area contributed by atoms with Crippen LogP contribution in [0.1, 0.15) is 67.7 Å². The summed E-state index contributed by atoms with van der Waals surface area (Å²) in [4.78, 5) is 24.4. The van der Waals surface area contributed by atoms with Crippen LogP contribution < -0.4 is 10.6 Å². The van der Waals surface area contributed by atoms with Gasteiger partial charge in [0.15, 0.2) is 0 Å². The third-order valence-electron chi connectivity index (χ3n) is 3.94. The van der Waals surface area contributed by atoms with Gasteiger partial charge in [-0.1, -0.05) is 27.7 Å². The van der Waals surface area contributed by atoms with Gasteiger partial charge in [-0.2, -0.15) is 0 Å². The zero-order valence-corrected chi connectivity index (χ0v) is 17.9. The maximum Gasteiger partial charge on any atom is 0.323 e. The van der Waals surface area contributed by atoms with Gasteiger partial charge >= 0.3 is 11.9 Å². The van der Waals surface area contributed by atoms with Crippen LogP contribution in [0.2, 0.25) is 0 Å². The summed E-state index contributed by atoms with van der Waals surface area (Å²) >= 11 is 0. The van der Waals surface area contributed by atoms with Crippen LogP contribution in [-0.2, 0) is 19.1 Å². The molecule has 0 fully saturated rings. The van der Waals surface area contributed by atoms with Crippen LogP contribution in [0.5, 0.6) is 0 Å². The number of hydrogen-bond donors (Lipinski definition) is 2. The normalized spacial score (nSPS) is 15.2. The Morgan fingerprint density at radius 3 is 1.77 bits per heavy atom. The molecule has 0 aromatic heterocycles. The van der Waals surface area contributed by atoms with Crippen molar-refractivity contribution in [2.45, 2.75) is 92.0 Å². The van der Waals surface area contributed by atoms with E-state index in [0.29, 0.717) is 24.8 Å². The van der Waals surface area contributed by atoms with E-state index in [4.69, 9.17) is 9.47 Å². The number of esters is 2. The van der Waals surface area contributed by atoms with E-state index in [2.05, 4.69) is 38.3 Å². The van der Waals surface area contributed by atoms with Gasteiger partial charge in [0.2, 0.25) is 0 Å². The molecule has 0 saturated carbocycles. The molecule has 0 heterocycles. The van der Waals surface area contributed by atoms with E-state index in [-0.39, 0.29) is 36.2 Å². The van der Waals surface area contributed by atoms with Gasteiger partial charge in [0.1, 0.15) is 18.2 Å². The summed E-state index contributed by atoms with van der Waals surface area (Å²) in [7, 11) is 1.78. The van der Waals surface area contributed by atoms with Crippen LogP contribution in [0.25, 0.3) is 0 Å². The van der Waals surface area contributed by atoms with Gasteiger partial charge in [-0.05, 0) is 65.5 Å². The van der Waals surface area contributed by atoms with Gasteiger partial charge < -0.3 is 20.1 Å². The Morgan fingerprint density at radius 1 is 0.808 bits per heavy atom. The maximum atomic E-state index is 12.2. The molecule has 0 aliphatic carbocycles. The summed E-state index contributed by atoms with van der Waals surface area (Å²) in [5.41, 5.74) is 0. The average Bonchev–Trinajstić information content (AvgIpc) is 2.50. The van der Waals surface area contributed by atoms with Gasteiger partial charge in [-0.25, -0.2) is 0 Å². The first-order valence-electron chi connectivity index (χ1n) is 9.88. The lowest BCUT2D eigenvalue weighted by Gasteiger charge is -2.23. The van der Waals surface area contributed by atoms with Crippen LogP contribution in [0.3, 0.4) is 0 Å². The van der Waals surface area contributed by atoms with Crippen molar-refractivity contribution in [2.24, 2.45) is 11.8 Å². The van der Waals surface area contributed by atoms with Crippen molar-refractivity contribution in [3.05, 3.63) is 0 Å². The Kier molecular flexibility index (Phi) is 12.5. The zero-order chi connectivity index (χ0) is 20.3. The highest BCUT2D eigenvalue weighted by molar-refractivity contribution is 5.76. The third kappa shape index (κ3) is 11.5. The Hall–Kier alpha value is -1.14. The van der Waals surface area contributed by atoms with Crippen LogP contribution in [0, 0.1) is 11.8 Å². The fourth-order valence-electron chi connectivity index (χ4n) is 2.65. The van der Waals surface area contributed by atoms with E-state index in [1.54, 1.807) is 7.05 Å². The molecule has 0 bridgehead atoms. The molecule has 3 atom stereocenters. The summed E-state index contributed by atoms with van der Waals surface area (Å²) in [6.45, 7) is 14.5. The molecule has 6 nitrogen and oxygen atoms in total. The fourth-order valence-corrected chi connectivity index (χ4v) is 2.65. The Bertz CT molecular complexity index is 411. The van der Waals surface area contributed by atoms with Crippen molar-refractivity contribution in [3.63, 3.8) is 0 Å². The van der Waals surface area contributed by atoms with E-state index in [1.165, 1.54) is 0 Å². The minimum atomic E-state index is -0.328. The van der Waals surface area contributed by atoms with E-state index in [9.17, 15) is 9.59 Å². The third-order valence-corrected chi connectivity index (χ3v) is 3.94. The number of carbonyl (C=O) groups excluding carboxylic acids is 2. The molecule has 0 saturated heterocycles. The van der Waals surface area contributed by atoms with Crippen molar-refractivity contribution in [3.8, 4) is 0 Å². The molecule has 2 N–H and O–H groups in total. The van der Waals surface area contributed by atoms with Crippen LogP contribution in [0.15, 0.2) is 0 Å². The maximum absolute atomic E-state index is 12.2. The van der Waals surface area contributed by atoms with Gasteiger partial charge in [0, 0.05) is 0 Å². The second-order valence-electron chi connectivity index (χ2n) is 8.13. The first-order chi connectivity index (χ1) is 12.1. The molecule has 0 aromatic carbocycles. The van der Waals surface area contributed by atoms with Crippen molar-refractivity contribution in [1.29, 1.82) is 0 Å². The molecule has 0 radical (unpaired) electrons. The molecule has 6 heteroatoms. The molecular weight excluding hydrogens is 332 g/mol. The fraction of sp³-hybridized carbons (Fsp3) is 0.900. The number of hydrogen-bond acceptors (Lipinski definition) is 6. The van der Waals surface area contributed by atoms with Crippen LogP contribution in [0.4, 0.5) is 0 Å². The summed E-state index contributed by atoms with van der Waals surface area (Å²) in [6, 6.07) is -0.605. The first-order valence-corrected chi connectivity index (χ1v) is 9.88. The van der Waals surface area contributed by atoms with Crippen molar-refractivity contribution in [2.75, 3.05) is 13.6 Å². The van der Waals surface area contributed by atoms with E-state index in [0.717, 1.165) is 12.8 Å². The number of likely N-dealkylation sites (N-methyl/N-ethyl adjacent to an activating group) is 1. The Labute approximate surface area is 159 Å². The van der Waals surface area contributed by atoms with E-state index in [1.807, 2.05) is 20.8 Å². The monoisotopic (exact) mass is 372 g/mol. The number of ether oxygens (including phenoxy) is 2. The Morgan fingerprint density at radius 2 is 1.31 bits per heavy atom. The molecular formula is C20H40N2O4. The molecule has 0 spiro atoms. The van der Waals surface area contributed by atoms with Crippen molar-refractivity contribution < 1.29 is 19.1 Å². The average molecular weight is 373 g/mol. The summed E-state index contributed by atoms with van der Waals surface area (Å²) in [5, 5.41) is 6.27. The van der Waals surface area contributed by atoms with Gasteiger partial charge in [-0.3, -0.25) is 9.59 Å². The predicted molar refractivity (Wildman–Crippen MR) is 105 cm³/mol. The molecule has 0 aliphatic rings. The van der Waals surface area contributed by atoms with Gasteiger partial charge in [0.05, 0.1) is 6.10 Å². The summed E-state index contributed by atoms with van der Waals surface area (Å²) in [6.07, 6.45) is 1.78. The van der Waals surface area contributed by atoms with E-state index < -0.39 is 0 Å². The number of carbonyl (C=O) groups is 2. The lowest BCUT2D eigenvalue weighted by molar-refractivity contribution is -0.152. The summed E-state index contributed by atoms with van der Waals surface area (Å²) in [5.74, 6) is 0.368. The second kappa shape index (κ2) is 13.1.